The molecule has 0 fully saturated rings. The van der Waals surface area contributed by atoms with E-state index < -0.39 is 0 Å². The number of hydrogen-bond acceptors (Lipinski definition) is 2. The second kappa shape index (κ2) is 5.71. The largest absolute Gasteiger partial charge is 0.216 e. The lowest BCUT2D eigenvalue weighted by Crippen LogP contribution is -1.92. The lowest BCUT2D eigenvalue weighted by atomic mass is 10.2. The van der Waals surface area contributed by atoms with E-state index in [0.717, 1.165) is 18.6 Å². The summed E-state index contributed by atoms with van der Waals surface area (Å²) in [4.78, 5) is 1.20. The monoisotopic (exact) mass is 229 g/mol. The number of aryl methyl sites for hydroxylation is 1. The predicted octanol–water partition coefficient (Wildman–Crippen LogP) is 4.21. The maximum absolute atomic E-state index is 4.50. The van der Waals surface area contributed by atoms with Gasteiger partial charge in [-0.05, 0) is 30.2 Å². The molecule has 1 aliphatic carbocycles. The van der Waals surface area contributed by atoms with Crippen molar-refractivity contribution >= 4 is 17.7 Å². The minimum absolute atomic E-state index is 0.941. The van der Waals surface area contributed by atoms with Crippen LogP contribution in [0.1, 0.15) is 18.9 Å². The quantitative estimate of drug-likeness (QED) is 0.707. The van der Waals surface area contributed by atoms with Gasteiger partial charge in [0, 0.05) is 23.3 Å². The highest BCUT2D eigenvalue weighted by atomic mass is 32.2. The van der Waals surface area contributed by atoms with Gasteiger partial charge in [-0.3, -0.25) is 0 Å². The van der Waals surface area contributed by atoms with Crippen LogP contribution in [0.5, 0.6) is 0 Å². The van der Waals surface area contributed by atoms with E-state index in [4.69, 9.17) is 0 Å². The Balaban J connectivity index is 1.98. The van der Waals surface area contributed by atoms with Crippen LogP contribution >= 0.6 is 11.9 Å². The van der Waals surface area contributed by atoms with Gasteiger partial charge in [0.15, 0.2) is 0 Å². The Morgan fingerprint density at radius 3 is 2.62 bits per heavy atom. The summed E-state index contributed by atoms with van der Waals surface area (Å²) >= 11 is 1.55. The SMILES string of the molecule is CCc1ccc(SN=C2C=CC=CC2)cc1. The standard InChI is InChI=1S/C14H15NS/c1-2-12-8-10-14(11-9-12)16-15-13-6-4-3-5-7-13/h3-6,8-11H,2,7H2,1H3. The summed E-state index contributed by atoms with van der Waals surface area (Å²) in [6, 6.07) is 8.60. The molecule has 0 saturated heterocycles. The first-order chi connectivity index (χ1) is 7.88. The summed E-state index contributed by atoms with van der Waals surface area (Å²) in [5.74, 6) is 0. The number of rotatable bonds is 3. The van der Waals surface area contributed by atoms with Gasteiger partial charge < -0.3 is 0 Å². The van der Waals surface area contributed by atoms with Crippen molar-refractivity contribution in [1.82, 2.24) is 0 Å². The molecule has 0 atom stereocenters. The number of allylic oxidation sites excluding steroid dienone is 4. The van der Waals surface area contributed by atoms with Gasteiger partial charge in [0.25, 0.3) is 0 Å². The van der Waals surface area contributed by atoms with Crippen LogP contribution in [0.4, 0.5) is 0 Å². The normalized spacial score (nSPS) is 16.9. The van der Waals surface area contributed by atoms with Gasteiger partial charge in [-0.15, -0.1) is 0 Å². The summed E-state index contributed by atoms with van der Waals surface area (Å²) in [6.07, 6.45) is 10.3. The molecule has 0 aliphatic heterocycles. The molecule has 0 spiro atoms. The molecule has 0 N–H and O–H groups in total. The molecular weight excluding hydrogens is 214 g/mol. The molecule has 82 valence electrons. The molecular formula is C14H15NS. The highest BCUT2D eigenvalue weighted by molar-refractivity contribution is 7.98. The first-order valence-corrected chi connectivity index (χ1v) is 6.32. The molecule has 0 radical (unpaired) electrons. The van der Waals surface area contributed by atoms with Crippen LogP contribution in [-0.4, -0.2) is 5.71 Å². The molecule has 0 amide bonds. The van der Waals surface area contributed by atoms with E-state index in [1.807, 2.05) is 6.08 Å². The number of hydrogen-bond donors (Lipinski definition) is 0. The zero-order valence-electron chi connectivity index (χ0n) is 9.39. The average molecular weight is 229 g/mol. The predicted molar refractivity (Wildman–Crippen MR) is 72.0 cm³/mol. The maximum Gasteiger partial charge on any atom is 0.0528 e. The topological polar surface area (TPSA) is 12.4 Å². The Hall–Kier alpha value is -1.28. The molecule has 0 bridgehead atoms. The summed E-state index contributed by atoms with van der Waals surface area (Å²) in [6.45, 7) is 2.17. The molecule has 0 saturated carbocycles. The second-order valence-corrected chi connectivity index (χ2v) is 4.50. The van der Waals surface area contributed by atoms with Crippen LogP contribution in [0.2, 0.25) is 0 Å². The van der Waals surface area contributed by atoms with Crippen LogP contribution < -0.4 is 0 Å². The Morgan fingerprint density at radius 2 is 2.00 bits per heavy atom. The first kappa shape index (κ1) is 11.2. The lowest BCUT2D eigenvalue weighted by Gasteiger charge is -2.01. The Bertz CT molecular complexity index is 427. The summed E-state index contributed by atoms with van der Waals surface area (Å²) < 4.78 is 4.50. The lowest BCUT2D eigenvalue weighted by molar-refractivity contribution is 1.13. The van der Waals surface area contributed by atoms with Gasteiger partial charge in [-0.25, -0.2) is 4.40 Å². The van der Waals surface area contributed by atoms with E-state index in [0.29, 0.717) is 0 Å². The van der Waals surface area contributed by atoms with Crippen molar-refractivity contribution in [1.29, 1.82) is 0 Å². The fraction of sp³-hybridized carbons (Fsp3) is 0.214. The van der Waals surface area contributed by atoms with E-state index in [-0.39, 0.29) is 0 Å². The zero-order valence-corrected chi connectivity index (χ0v) is 10.2. The second-order valence-electron chi connectivity index (χ2n) is 3.66. The number of benzene rings is 1. The van der Waals surface area contributed by atoms with E-state index >= 15 is 0 Å². The third-order valence-corrected chi connectivity index (χ3v) is 3.27. The van der Waals surface area contributed by atoms with Crippen molar-refractivity contribution < 1.29 is 0 Å². The summed E-state index contributed by atoms with van der Waals surface area (Å²) in [5, 5.41) is 0. The van der Waals surface area contributed by atoms with Crippen LogP contribution in [-0.2, 0) is 6.42 Å². The van der Waals surface area contributed by atoms with Gasteiger partial charge in [0.05, 0.1) is 5.71 Å². The molecule has 1 nitrogen and oxygen atoms in total. The Kier molecular flexibility index (Phi) is 4.00. The van der Waals surface area contributed by atoms with Gasteiger partial charge in [0.1, 0.15) is 0 Å². The van der Waals surface area contributed by atoms with E-state index in [1.54, 1.807) is 11.9 Å². The van der Waals surface area contributed by atoms with Gasteiger partial charge >= 0.3 is 0 Å². The van der Waals surface area contributed by atoms with Gasteiger partial charge in [-0.1, -0.05) is 37.3 Å². The van der Waals surface area contributed by atoms with Crippen molar-refractivity contribution in [2.75, 3.05) is 0 Å². The molecule has 2 rings (SSSR count). The van der Waals surface area contributed by atoms with Crippen LogP contribution in [0.3, 0.4) is 0 Å². The van der Waals surface area contributed by atoms with Crippen molar-refractivity contribution in [3.8, 4) is 0 Å². The van der Waals surface area contributed by atoms with E-state index in [9.17, 15) is 0 Å². The van der Waals surface area contributed by atoms with Gasteiger partial charge in [0.2, 0.25) is 0 Å². The van der Waals surface area contributed by atoms with Crippen molar-refractivity contribution in [3.05, 3.63) is 54.1 Å². The molecule has 1 aromatic rings. The van der Waals surface area contributed by atoms with Crippen LogP contribution in [0, 0.1) is 0 Å². The molecule has 0 heterocycles. The fourth-order valence-electron chi connectivity index (χ4n) is 1.47. The Morgan fingerprint density at radius 1 is 1.19 bits per heavy atom. The van der Waals surface area contributed by atoms with E-state index in [1.165, 1.54) is 10.5 Å². The highest BCUT2D eigenvalue weighted by Gasteiger charge is 1.97. The van der Waals surface area contributed by atoms with Gasteiger partial charge in [-0.2, -0.15) is 0 Å². The maximum atomic E-state index is 4.50. The third kappa shape index (κ3) is 3.11. The van der Waals surface area contributed by atoms with E-state index in [2.05, 4.69) is 53.8 Å². The van der Waals surface area contributed by atoms with Crippen molar-refractivity contribution in [2.24, 2.45) is 4.40 Å². The Labute approximate surface area is 101 Å². The molecule has 1 aliphatic rings. The van der Waals surface area contributed by atoms with Crippen molar-refractivity contribution in [3.63, 3.8) is 0 Å². The molecule has 2 heteroatoms. The summed E-state index contributed by atoms with van der Waals surface area (Å²) in [5.41, 5.74) is 2.50. The molecule has 0 aromatic heterocycles. The van der Waals surface area contributed by atoms with Crippen LogP contribution in [0.15, 0.2) is 57.9 Å². The number of nitrogens with zero attached hydrogens (tertiary/aromatic N) is 1. The smallest absolute Gasteiger partial charge is 0.0528 e. The molecule has 0 unspecified atom stereocenters. The average Bonchev–Trinajstić information content (AvgIpc) is 2.38. The fourth-order valence-corrected chi connectivity index (χ4v) is 2.08. The first-order valence-electron chi connectivity index (χ1n) is 5.54. The summed E-state index contributed by atoms with van der Waals surface area (Å²) in [7, 11) is 0. The zero-order chi connectivity index (χ0) is 11.2. The minimum atomic E-state index is 0.941. The molecule has 16 heavy (non-hydrogen) atoms. The minimum Gasteiger partial charge on any atom is -0.216 e. The van der Waals surface area contributed by atoms with Crippen LogP contribution in [0.25, 0.3) is 0 Å². The molecule has 1 aromatic carbocycles. The van der Waals surface area contributed by atoms with Crippen molar-refractivity contribution in [2.45, 2.75) is 24.7 Å². The highest BCUT2D eigenvalue weighted by Crippen LogP contribution is 2.21. The third-order valence-electron chi connectivity index (χ3n) is 2.46.